The highest BCUT2D eigenvalue weighted by molar-refractivity contribution is 7.22. The molecule has 2 amide bonds. The van der Waals surface area contributed by atoms with Gasteiger partial charge in [0.05, 0.1) is 28.8 Å². The molecule has 1 aromatic heterocycles. The maximum atomic E-state index is 12.7. The summed E-state index contributed by atoms with van der Waals surface area (Å²) in [6.07, 6.45) is 2.06. The number of carbonyl (C=O) groups excluding carboxylic acids is 2. The number of ether oxygens (including phenoxy) is 1. The molecule has 5 rings (SSSR count). The van der Waals surface area contributed by atoms with Crippen LogP contribution >= 0.6 is 11.3 Å². The summed E-state index contributed by atoms with van der Waals surface area (Å²) in [5, 5.41) is 3.77. The van der Waals surface area contributed by atoms with E-state index in [9.17, 15) is 9.59 Å². The van der Waals surface area contributed by atoms with E-state index in [4.69, 9.17) is 4.74 Å². The Bertz CT molecular complexity index is 1030. The fourth-order valence-corrected chi connectivity index (χ4v) is 4.96. The molecule has 30 heavy (non-hydrogen) atoms. The molecule has 1 aliphatic carbocycles. The molecule has 1 saturated heterocycles. The topological polar surface area (TPSA) is 71.5 Å². The Morgan fingerprint density at radius 2 is 1.90 bits per heavy atom. The molecule has 3 aromatic rings. The number of amides is 2. The molecule has 2 heterocycles. The number of thiazole rings is 1. The van der Waals surface area contributed by atoms with Gasteiger partial charge in [0.15, 0.2) is 5.13 Å². The summed E-state index contributed by atoms with van der Waals surface area (Å²) in [7, 11) is 0. The highest BCUT2D eigenvalue weighted by atomic mass is 32.1. The second-order valence-corrected chi connectivity index (χ2v) is 8.97. The third-order valence-corrected chi connectivity index (χ3v) is 6.84. The molecular weight excluding hydrogens is 398 g/mol. The van der Waals surface area contributed by atoms with E-state index < -0.39 is 0 Å². The minimum atomic E-state index is -0.325. The Kier molecular flexibility index (Phi) is 5.23. The molecule has 2 fully saturated rings. The average molecular weight is 422 g/mol. The number of hydrogen-bond donors (Lipinski definition) is 1. The summed E-state index contributed by atoms with van der Waals surface area (Å²) in [6.45, 7) is 0.992. The Morgan fingerprint density at radius 1 is 1.13 bits per heavy atom. The fourth-order valence-electron chi connectivity index (χ4n) is 3.97. The molecule has 1 aliphatic heterocycles. The van der Waals surface area contributed by atoms with Gasteiger partial charge in [-0.05, 0) is 30.5 Å². The number of nitrogens with zero attached hydrogens (tertiary/aromatic N) is 2. The molecule has 0 spiro atoms. The number of para-hydroxylation sites is 1. The summed E-state index contributed by atoms with van der Waals surface area (Å²) in [4.78, 5) is 31.4. The van der Waals surface area contributed by atoms with Crippen LogP contribution in [0.5, 0.6) is 0 Å². The van der Waals surface area contributed by atoms with Crippen molar-refractivity contribution in [3.63, 3.8) is 0 Å². The zero-order chi connectivity index (χ0) is 20.5. The van der Waals surface area contributed by atoms with Gasteiger partial charge in [0.25, 0.3) is 0 Å². The van der Waals surface area contributed by atoms with Crippen molar-refractivity contribution in [2.75, 3.05) is 11.4 Å². The van der Waals surface area contributed by atoms with Crippen molar-refractivity contribution in [1.29, 1.82) is 0 Å². The zero-order valence-electron chi connectivity index (χ0n) is 16.5. The van der Waals surface area contributed by atoms with E-state index in [2.05, 4.69) is 10.3 Å². The lowest BCUT2D eigenvalue weighted by Crippen LogP contribution is -2.49. The molecule has 2 aliphatic rings. The van der Waals surface area contributed by atoms with Crippen molar-refractivity contribution in [2.24, 2.45) is 5.92 Å². The molecule has 0 radical (unpaired) electrons. The van der Waals surface area contributed by atoms with Gasteiger partial charge in [-0.3, -0.25) is 14.5 Å². The minimum absolute atomic E-state index is 0.0353. The standard InChI is InChI=1S/C23H23N3O3S/c27-21-10-16(13-26(21)23-25-19-8-4-5-9-20(19)30-23)22(28)24-17-11-18(12-17)29-14-15-6-2-1-3-7-15/h1-9,16-18H,10-14H2,(H,24,28). The van der Waals surface area contributed by atoms with E-state index in [1.54, 1.807) is 4.90 Å². The predicted molar refractivity (Wildman–Crippen MR) is 116 cm³/mol. The number of hydrogen-bond acceptors (Lipinski definition) is 5. The monoisotopic (exact) mass is 421 g/mol. The number of aromatic nitrogens is 1. The first kappa shape index (κ1) is 19.2. The SMILES string of the molecule is O=C(NC1CC(OCc2ccccc2)C1)C1CC(=O)N(c2nc3ccccc3s2)C1. The second kappa shape index (κ2) is 8.16. The van der Waals surface area contributed by atoms with Crippen molar-refractivity contribution in [3.8, 4) is 0 Å². The van der Waals surface area contributed by atoms with Gasteiger partial charge in [0.1, 0.15) is 0 Å². The molecule has 1 atom stereocenters. The normalized spacial score (nSPS) is 23.5. The highest BCUT2D eigenvalue weighted by Gasteiger charge is 2.39. The highest BCUT2D eigenvalue weighted by Crippen LogP contribution is 2.33. The Balaban J connectivity index is 1.11. The van der Waals surface area contributed by atoms with Gasteiger partial charge < -0.3 is 10.1 Å². The second-order valence-electron chi connectivity index (χ2n) is 7.97. The van der Waals surface area contributed by atoms with Crippen molar-refractivity contribution < 1.29 is 14.3 Å². The van der Waals surface area contributed by atoms with Crippen LogP contribution in [0.15, 0.2) is 54.6 Å². The van der Waals surface area contributed by atoms with Crippen molar-refractivity contribution in [1.82, 2.24) is 10.3 Å². The van der Waals surface area contributed by atoms with Crippen LogP contribution in [-0.2, 0) is 20.9 Å². The van der Waals surface area contributed by atoms with E-state index >= 15 is 0 Å². The lowest BCUT2D eigenvalue weighted by Gasteiger charge is -2.36. The third-order valence-electron chi connectivity index (χ3n) is 5.78. The average Bonchev–Trinajstić information content (AvgIpc) is 3.33. The van der Waals surface area contributed by atoms with Crippen molar-refractivity contribution in [2.45, 2.75) is 38.0 Å². The van der Waals surface area contributed by atoms with Gasteiger partial charge in [0, 0.05) is 19.0 Å². The fraction of sp³-hybridized carbons (Fsp3) is 0.348. The lowest BCUT2D eigenvalue weighted by molar-refractivity contribution is -0.128. The molecule has 6 nitrogen and oxygen atoms in total. The number of rotatable bonds is 6. The lowest BCUT2D eigenvalue weighted by atomic mass is 9.88. The molecule has 0 bridgehead atoms. The number of carbonyl (C=O) groups is 2. The van der Waals surface area contributed by atoms with Crippen LogP contribution in [0.3, 0.4) is 0 Å². The molecule has 1 unspecified atom stereocenters. The van der Waals surface area contributed by atoms with E-state index in [-0.39, 0.29) is 36.3 Å². The minimum Gasteiger partial charge on any atom is -0.373 e. The molecule has 7 heteroatoms. The summed E-state index contributed by atoms with van der Waals surface area (Å²) >= 11 is 1.49. The van der Waals surface area contributed by atoms with Crippen LogP contribution in [0, 0.1) is 5.92 Å². The van der Waals surface area contributed by atoms with Crippen molar-refractivity contribution in [3.05, 3.63) is 60.2 Å². The van der Waals surface area contributed by atoms with E-state index in [1.165, 1.54) is 11.3 Å². The van der Waals surface area contributed by atoms with Crippen LogP contribution in [0.2, 0.25) is 0 Å². The quantitative estimate of drug-likeness (QED) is 0.661. The summed E-state index contributed by atoms with van der Waals surface area (Å²) in [6, 6.07) is 18.0. The van der Waals surface area contributed by atoms with Crippen molar-refractivity contribution >= 4 is 38.5 Å². The van der Waals surface area contributed by atoms with Crippen LogP contribution in [0.1, 0.15) is 24.8 Å². The van der Waals surface area contributed by atoms with E-state index in [1.807, 2.05) is 54.6 Å². The number of anilines is 1. The van der Waals surface area contributed by atoms with Gasteiger partial charge in [-0.2, -0.15) is 0 Å². The van der Waals surface area contributed by atoms with E-state index in [0.717, 1.165) is 28.6 Å². The Morgan fingerprint density at radius 3 is 2.70 bits per heavy atom. The summed E-state index contributed by atoms with van der Waals surface area (Å²) in [5.41, 5.74) is 2.04. The van der Waals surface area contributed by atoms with Gasteiger partial charge in [-0.1, -0.05) is 53.8 Å². The number of fused-ring (bicyclic) bond motifs is 1. The first-order valence-electron chi connectivity index (χ1n) is 10.3. The maximum absolute atomic E-state index is 12.7. The van der Waals surface area contributed by atoms with Gasteiger partial charge in [0.2, 0.25) is 11.8 Å². The first-order chi connectivity index (χ1) is 14.7. The maximum Gasteiger partial charge on any atom is 0.229 e. The summed E-state index contributed by atoms with van der Waals surface area (Å²) < 4.78 is 6.95. The smallest absolute Gasteiger partial charge is 0.229 e. The number of benzene rings is 2. The first-order valence-corrected chi connectivity index (χ1v) is 11.1. The molecule has 1 saturated carbocycles. The van der Waals surface area contributed by atoms with Gasteiger partial charge in [-0.15, -0.1) is 0 Å². The molecule has 2 aromatic carbocycles. The van der Waals surface area contributed by atoms with Crippen LogP contribution in [0.4, 0.5) is 5.13 Å². The third kappa shape index (κ3) is 3.95. The van der Waals surface area contributed by atoms with Gasteiger partial charge in [-0.25, -0.2) is 4.98 Å². The molecule has 154 valence electrons. The molecule has 1 N–H and O–H groups in total. The predicted octanol–water partition coefficient (Wildman–Crippen LogP) is 3.51. The zero-order valence-corrected chi connectivity index (χ0v) is 17.3. The van der Waals surface area contributed by atoms with E-state index in [0.29, 0.717) is 18.3 Å². The van der Waals surface area contributed by atoms with Crippen LogP contribution in [-0.4, -0.2) is 35.5 Å². The Hall–Kier alpha value is -2.77. The van der Waals surface area contributed by atoms with Crippen LogP contribution < -0.4 is 10.2 Å². The summed E-state index contributed by atoms with van der Waals surface area (Å²) in [5.74, 6) is -0.404. The Labute approximate surface area is 178 Å². The van der Waals surface area contributed by atoms with Crippen LogP contribution in [0.25, 0.3) is 10.2 Å². The number of nitrogens with one attached hydrogen (secondary N) is 1. The van der Waals surface area contributed by atoms with Gasteiger partial charge >= 0.3 is 0 Å². The molecular formula is C23H23N3O3S. The largest absolute Gasteiger partial charge is 0.373 e.